The zero-order valence-corrected chi connectivity index (χ0v) is 17.5. The maximum absolute atomic E-state index is 12.4. The number of rotatable bonds is 6. The summed E-state index contributed by atoms with van der Waals surface area (Å²) in [5.74, 6) is -0.386. The Bertz CT molecular complexity index is 977. The van der Waals surface area contributed by atoms with E-state index in [2.05, 4.69) is 15.6 Å². The number of benzene rings is 1. The van der Waals surface area contributed by atoms with Gasteiger partial charge in [-0.1, -0.05) is 41.9 Å². The van der Waals surface area contributed by atoms with E-state index in [4.69, 9.17) is 28.6 Å². The molecule has 2 heterocycles. The lowest BCUT2D eigenvalue weighted by atomic mass is 10.1. The molecule has 0 bridgehead atoms. The second-order valence-electron chi connectivity index (χ2n) is 5.76. The number of nitrogens with zero attached hydrogens (tertiary/aromatic N) is 1. The molecule has 0 saturated heterocycles. The molecule has 2 N–H and O–H groups in total. The first-order valence-corrected chi connectivity index (χ1v) is 10.2. The van der Waals surface area contributed by atoms with Crippen LogP contribution in [0.4, 0.5) is 10.7 Å². The van der Waals surface area contributed by atoms with Crippen LogP contribution in [0.1, 0.15) is 27.7 Å². The topological polar surface area (TPSA) is 63.2 Å². The Labute approximate surface area is 177 Å². The molecule has 0 atom stereocenters. The summed E-state index contributed by atoms with van der Waals surface area (Å²) in [7, 11) is 0. The van der Waals surface area contributed by atoms with Crippen molar-refractivity contribution in [3.63, 3.8) is 0 Å². The van der Waals surface area contributed by atoms with Gasteiger partial charge in [0.2, 0.25) is 0 Å². The first-order chi connectivity index (χ1) is 13.6. The van der Waals surface area contributed by atoms with Crippen LogP contribution < -0.4 is 10.6 Å². The van der Waals surface area contributed by atoms with Crippen molar-refractivity contribution < 1.29 is 9.53 Å². The van der Waals surface area contributed by atoms with Gasteiger partial charge in [-0.05, 0) is 42.9 Å². The molecule has 144 valence electrons. The Morgan fingerprint density at radius 1 is 1.21 bits per heavy atom. The molecule has 1 aromatic carbocycles. The molecule has 8 heteroatoms. The van der Waals surface area contributed by atoms with Crippen LogP contribution >= 0.6 is 35.2 Å². The van der Waals surface area contributed by atoms with E-state index in [-0.39, 0.29) is 5.97 Å². The number of anilines is 2. The number of carbonyl (C=O) groups is 1. The number of thiophene rings is 1. The van der Waals surface area contributed by atoms with Crippen molar-refractivity contribution >= 4 is 56.9 Å². The van der Waals surface area contributed by atoms with Crippen LogP contribution in [0, 0.1) is 0 Å². The van der Waals surface area contributed by atoms with Crippen molar-refractivity contribution in [1.82, 2.24) is 4.98 Å². The standard InChI is InChI=1S/C20H18ClN3O2S2/c1-2-26-19(25)15-12-14(11-13-7-4-3-5-8-13)28-18(15)24-20(27)23-16-9-6-10-22-17(16)21/h3-10,12H,2,11H2,1H3,(H2,23,24,27). The highest BCUT2D eigenvalue weighted by Gasteiger charge is 2.18. The summed E-state index contributed by atoms with van der Waals surface area (Å²) in [5, 5.41) is 7.33. The summed E-state index contributed by atoms with van der Waals surface area (Å²) in [6.07, 6.45) is 2.31. The van der Waals surface area contributed by atoms with Gasteiger partial charge in [0.1, 0.15) is 5.00 Å². The number of carbonyl (C=O) groups excluding carboxylic acids is 1. The van der Waals surface area contributed by atoms with E-state index < -0.39 is 0 Å². The van der Waals surface area contributed by atoms with E-state index >= 15 is 0 Å². The van der Waals surface area contributed by atoms with Gasteiger partial charge in [-0.25, -0.2) is 9.78 Å². The number of halogens is 1. The molecule has 0 aliphatic heterocycles. The molecule has 0 saturated carbocycles. The van der Waals surface area contributed by atoms with Crippen molar-refractivity contribution in [3.05, 3.63) is 75.9 Å². The van der Waals surface area contributed by atoms with Gasteiger partial charge in [0.05, 0.1) is 17.9 Å². The van der Waals surface area contributed by atoms with Crippen molar-refractivity contribution in [2.75, 3.05) is 17.2 Å². The molecule has 0 unspecified atom stereocenters. The van der Waals surface area contributed by atoms with Crippen molar-refractivity contribution in [2.45, 2.75) is 13.3 Å². The van der Waals surface area contributed by atoms with E-state index in [1.165, 1.54) is 11.3 Å². The quantitative estimate of drug-likeness (QED) is 0.310. The van der Waals surface area contributed by atoms with Crippen molar-refractivity contribution in [1.29, 1.82) is 0 Å². The lowest BCUT2D eigenvalue weighted by molar-refractivity contribution is 0.0528. The van der Waals surface area contributed by atoms with Crippen LogP contribution in [-0.2, 0) is 11.2 Å². The maximum atomic E-state index is 12.4. The lowest BCUT2D eigenvalue weighted by Gasteiger charge is -2.11. The molecular formula is C20H18ClN3O2S2. The van der Waals surface area contributed by atoms with Gasteiger partial charge in [0.15, 0.2) is 10.3 Å². The fourth-order valence-corrected chi connectivity index (χ4v) is 4.04. The van der Waals surface area contributed by atoms with Crippen LogP contribution in [0.2, 0.25) is 5.15 Å². The van der Waals surface area contributed by atoms with Crippen LogP contribution in [0.5, 0.6) is 0 Å². The molecule has 0 spiro atoms. The van der Waals surface area contributed by atoms with E-state index in [9.17, 15) is 4.79 Å². The normalized spacial score (nSPS) is 10.4. The summed E-state index contributed by atoms with van der Waals surface area (Å²) >= 11 is 12.9. The lowest BCUT2D eigenvalue weighted by Crippen LogP contribution is -2.20. The average molecular weight is 432 g/mol. The molecule has 0 amide bonds. The largest absolute Gasteiger partial charge is 0.462 e. The molecule has 3 aromatic rings. The third kappa shape index (κ3) is 5.28. The smallest absolute Gasteiger partial charge is 0.341 e. The second-order valence-corrected chi connectivity index (χ2v) is 7.66. The zero-order valence-electron chi connectivity index (χ0n) is 15.1. The summed E-state index contributed by atoms with van der Waals surface area (Å²) in [5.41, 5.74) is 2.20. The molecule has 0 fully saturated rings. The van der Waals surface area contributed by atoms with Crippen LogP contribution in [0.25, 0.3) is 0 Å². The molecule has 0 radical (unpaired) electrons. The summed E-state index contributed by atoms with van der Waals surface area (Å²) < 4.78 is 5.18. The highest BCUT2D eigenvalue weighted by molar-refractivity contribution is 7.80. The Balaban J connectivity index is 1.80. The fourth-order valence-electron chi connectivity index (χ4n) is 2.52. The predicted molar refractivity (Wildman–Crippen MR) is 119 cm³/mol. The van der Waals surface area contributed by atoms with Gasteiger partial charge < -0.3 is 15.4 Å². The average Bonchev–Trinajstić information content (AvgIpc) is 3.07. The zero-order chi connectivity index (χ0) is 19.9. The Morgan fingerprint density at radius 3 is 2.71 bits per heavy atom. The SMILES string of the molecule is CCOC(=O)c1cc(Cc2ccccc2)sc1NC(=S)Nc1cccnc1Cl. The Hall–Kier alpha value is -2.48. The van der Waals surface area contributed by atoms with Gasteiger partial charge in [0, 0.05) is 17.5 Å². The van der Waals surface area contributed by atoms with Gasteiger partial charge in [-0.3, -0.25) is 0 Å². The minimum atomic E-state index is -0.386. The van der Waals surface area contributed by atoms with Gasteiger partial charge in [-0.15, -0.1) is 11.3 Å². The van der Waals surface area contributed by atoms with Gasteiger partial charge in [-0.2, -0.15) is 0 Å². The number of pyridine rings is 1. The molecule has 0 aliphatic carbocycles. The highest BCUT2D eigenvalue weighted by atomic mass is 35.5. The summed E-state index contributed by atoms with van der Waals surface area (Å²) in [6.45, 7) is 2.08. The Kier molecular flexibility index (Phi) is 6.97. The number of esters is 1. The van der Waals surface area contributed by atoms with Crippen LogP contribution in [0.3, 0.4) is 0 Å². The van der Waals surface area contributed by atoms with E-state index in [1.54, 1.807) is 25.3 Å². The number of thiocarbonyl (C=S) groups is 1. The molecule has 5 nitrogen and oxygen atoms in total. The first kappa shape index (κ1) is 20.3. The van der Waals surface area contributed by atoms with Gasteiger partial charge in [0.25, 0.3) is 0 Å². The highest BCUT2D eigenvalue weighted by Crippen LogP contribution is 2.31. The summed E-state index contributed by atoms with van der Waals surface area (Å²) in [4.78, 5) is 17.4. The molecule has 2 aromatic heterocycles. The first-order valence-electron chi connectivity index (χ1n) is 8.59. The number of nitrogens with one attached hydrogen (secondary N) is 2. The fraction of sp³-hybridized carbons (Fsp3) is 0.150. The molecular weight excluding hydrogens is 414 g/mol. The third-order valence-electron chi connectivity index (χ3n) is 3.73. The summed E-state index contributed by atoms with van der Waals surface area (Å²) in [6, 6.07) is 15.4. The Morgan fingerprint density at radius 2 is 2.00 bits per heavy atom. The van der Waals surface area contributed by atoms with E-state index in [0.29, 0.717) is 39.5 Å². The maximum Gasteiger partial charge on any atom is 0.341 e. The third-order valence-corrected chi connectivity index (χ3v) is 5.29. The molecule has 0 aliphatic rings. The molecule has 28 heavy (non-hydrogen) atoms. The number of aromatic nitrogens is 1. The predicted octanol–water partition coefficient (Wildman–Crippen LogP) is 5.37. The van der Waals surface area contributed by atoms with Crippen LogP contribution in [0.15, 0.2) is 54.7 Å². The number of ether oxygens (including phenoxy) is 1. The van der Waals surface area contributed by atoms with Gasteiger partial charge >= 0.3 is 5.97 Å². The van der Waals surface area contributed by atoms with Crippen molar-refractivity contribution in [2.24, 2.45) is 0 Å². The second kappa shape index (κ2) is 9.64. The van der Waals surface area contributed by atoms with Crippen LogP contribution in [-0.4, -0.2) is 22.7 Å². The molecule has 3 rings (SSSR count). The van der Waals surface area contributed by atoms with E-state index in [1.807, 2.05) is 36.4 Å². The van der Waals surface area contributed by atoms with E-state index in [0.717, 1.165) is 10.4 Å². The number of hydrogen-bond donors (Lipinski definition) is 2. The minimum Gasteiger partial charge on any atom is -0.462 e. The minimum absolute atomic E-state index is 0.302. The monoisotopic (exact) mass is 431 g/mol. The van der Waals surface area contributed by atoms with Crippen molar-refractivity contribution in [3.8, 4) is 0 Å². The number of hydrogen-bond acceptors (Lipinski definition) is 5.